The van der Waals surface area contributed by atoms with Crippen LogP contribution in [0.1, 0.15) is 42.5 Å². The smallest absolute Gasteiger partial charge is 0.232 e. The first-order valence-corrected chi connectivity index (χ1v) is 7.45. The van der Waals surface area contributed by atoms with E-state index in [-0.39, 0.29) is 6.10 Å². The first kappa shape index (κ1) is 13.4. The van der Waals surface area contributed by atoms with Gasteiger partial charge in [0.15, 0.2) is 0 Å². The number of nitriles is 1. The van der Waals surface area contributed by atoms with Crippen LogP contribution in [0.15, 0.2) is 6.07 Å². The molecule has 1 heterocycles. The van der Waals surface area contributed by atoms with Crippen molar-refractivity contribution in [3.05, 3.63) is 22.9 Å². The van der Waals surface area contributed by atoms with Crippen molar-refractivity contribution >= 4 is 0 Å². The molecule has 2 unspecified atom stereocenters. The van der Waals surface area contributed by atoms with E-state index in [0.29, 0.717) is 17.5 Å². The van der Waals surface area contributed by atoms with Crippen LogP contribution in [-0.4, -0.2) is 36.1 Å². The van der Waals surface area contributed by atoms with Crippen molar-refractivity contribution in [2.45, 2.75) is 50.7 Å². The van der Waals surface area contributed by atoms with E-state index in [2.05, 4.69) is 30.0 Å². The van der Waals surface area contributed by atoms with E-state index >= 15 is 0 Å². The molecule has 1 fully saturated rings. The number of fused-ring (bicyclic) bond motifs is 1. The predicted molar refractivity (Wildman–Crippen MR) is 76.7 cm³/mol. The fourth-order valence-electron chi connectivity index (χ4n) is 3.40. The summed E-state index contributed by atoms with van der Waals surface area (Å²) in [5, 5.41) is 9.32. The number of hydrogen-bond acceptors (Lipinski definition) is 4. The second kappa shape index (κ2) is 5.41. The van der Waals surface area contributed by atoms with Crippen LogP contribution in [0.5, 0.6) is 5.88 Å². The van der Waals surface area contributed by atoms with Crippen molar-refractivity contribution in [2.24, 2.45) is 0 Å². The molecule has 0 aliphatic heterocycles. The van der Waals surface area contributed by atoms with Crippen LogP contribution in [0.25, 0.3) is 0 Å². The van der Waals surface area contributed by atoms with Crippen molar-refractivity contribution in [1.29, 1.82) is 5.26 Å². The van der Waals surface area contributed by atoms with E-state index in [9.17, 15) is 5.26 Å². The molecule has 1 aromatic rings. The van der Waals surface area contributed by atoms with E-state index in [4.69, 9.17) is 4.74 Å². The lowest BCUT2D eigenvalue weighted by Crippen LogP contribution is -2.38. The Balaban J connectivity index is 1.85. The van der Waals surface area contributed by atoms with Gasteiger partial charge in [-0.1, -0.05) is 0 Å². The Bertz CT molecular complexity index is 547. The van der Waals surface area contributed by atoms with Gasteiger partial charge in [0.2, 0.25) is 5.88 Å². The minimum atomic E-state index is 0.157. The zero-order chi connectivity index (χ0) is 14.1. The van der Waals surface area contributed by atoms with Crippen LogP contribution in [-0.2, 0) is 12.8 Å². The first-order valence-electron chi connectivity index (χ1n) is 7.45. The van der Waals surface area contributed by atoms with Gasteiger partial charge in [0.1, 0.15) is 17.7 Å². The fraction of sp³-hybridized carbons (Fsp3) is 0.625. The summed E-state index contributed by atoms with van der Waals surface area (Å²) >= 11 is 0. The third kappa shape index (κ3) is 2.38. The van der Waals surface area contributed by atoms with Gasteiger partial charge in [-0.05, 0) is 64.3 Å². The number of aryl methyl sites for hydroxylation is 2. The lowest BCUT2D eigenvalue weighted by molar-refractivity contribution is 0.116. The van der Waals surface area contributed by atoms with Gasteiger partial charge in [0.05, 0.1) is 0 Å². The largest absolute Gasteiger partial charge is 0.472 e. The summed E-state index contributed by atoms with van der Waals surface area (Å²) in [7, 11) is 4.18. The molecule has 0 spiro atoms. The maximum absolute atomic E-state index is 9.32. The van der Waals surface area contributed by atoms with Crippen LogP contribution in [0.3, 0.4) is 0 Å². The Labute approximate surface area is 120 Å². The maximum atomic E-state index is 9.32. The molecule has 0 radical (unpaired) electrons. The molecular formula is C16H21N3O. The minimum absolute atomic E-state index is 0.157. The lowest BCUT2D eigenvalue weighted by atomic mass is 10.1. The fourth-order valence-corrected chi connectivity index (χ4v) is 3.40. The molecule has 3 rings (SSSR count). The van der Waals surface area contributed by atoms with Crippen molar-refractivity contribution < 1.29 is 4.74 Å². The summed E-state index contributed by atoms with van der Waals surface area (Å²) in [5.74, 6) is 0.548. The number of aromatic nitrogens is 1. The van der Waals surface area contributed by atoms with Crippen LogP contribution >= 0.6 is 0 Å². The summed E-state index contributed by atoms with van der Waals surface area (Å²) in [5.41, 5.74) is 2.94. The number of hydrogen-bond donors (Lipinski definition) is 0. The highest BCUT2D eigenvalue weighted by molar-refractivity contribution is 5.44. The van der Waals surface area contributed by atoms with Gasteiger partial charge in [-0.2, -0.15) is 5.26 Å². The van der Waals surface area contributed by atoms with E-state index in [0.717, 1.165) is 37.8 Å². The average molecular weight is 271 g/mol. The highest BCUT2D eigenvalue weighted by atomic mass is 16.5. The number of likely N-dealkylation sites (N-methyl/N-ethyl adjacent to an activating group) is 1. The highest BCUT2D eigenvalue weighted by Crippen LogP contribution is 2.31. The van der Waals surface area contributed by atoms with Gasteiger partial charge in [-0.25, -0.2) is 4.98 Å². The molecule has 4 heteroatoms. The van der Waals surface area contributed by atoms with E-state index < -0.39 is 0 Å². The highest BCUT2D eigenvalue weighted by Gasteiger charge is 2.32. The maximum Gasteiger partial charge on any atom is 0.232 e. The molecule has 2 atom stereocenters. The first-order chi connectivity index (χ1) is 9.69. The number of ether oxygens (including phenoxy) is 1. The predicted octanol–water partition coefficient (Wildman–Crippen LogP) is 2.30. The Kier molecular flexibility index (Phi) is 3.62. The second-order valence-electron chi connectivity index (χ2n) is 6.03. The second-order valence-corrected chi connectivity index (χ2v) is 6.03. The van der Waals surface area contributed by atoms with Gasteiger partial charge in [-0.15, -0.1) is 0 Å². The van der Waals surface area contributed by atoms with Crippen molar-refractivity contribution in [3.63, 3.8) is 0 Å². The van der Waals surface area contributed by atoms with Crippen molar-refractivity contribution in [3.8, 4) is 11.9 Å². The standard InChI is InChI=1S/C16H21N3O/c1-19(2)14-7-4-8-15(14)20-16-12(10-17)9-11-5-3-6-13(11)18-16/h9,14-15H,3-8H2,1-2H3. The molecule has 0 bridgehead atoms. The normalized spacial score (nSPS) is 24.7. The van der Waals surface area contributed by atoms with E-state index in [1.807, 2.05) is 6.07 Å². The van der Waals surface area contributed by atoms with Crippen LogP contribution in [0.4, 0.5) is 0 Å². The van der Waals surface area contributed by atoms with Crippen LogP contribution in [0, 0.1) is 11.3 Å². The summed E-state index contributed by atoms with van der Waals surface area (Å²) in [4.78, 5) is 6.84. The Morgan fingerprint density at radius 1 is 1.30 bits per heavy atom. The Morgan fingerprint density at radius 3 is 2.90 bits per heavy atom. The molecule has 4 nitrogen and oxygen atoms in total. The Hall–Kier alpha value is -1.60. The van der Waals surface area contributed by atoms with Crippen molar-refractivity contribution in [1.82, 2.24) is 9.88 Å². The van der Waals surface area contributed by atoms with Gasteiger partial charge in [-0.3, -0.25) is 0 Å². The van der Waals surface area contributed by atoms with E-state index in [1.165, 1.54) is 12.0 Å². The monoisotopic (exact) mass is 271 g/mol. The zero-order valence-corrected chi connectivity index (χ0v) is 12.2. The molecule has 0 amide bonds. The Morgan fingerprint density at radius 2 is 2.15 bits per heavy atom. The quantitative estimate of drug-likeness (QED) is 0.846. The molecule has 20 heavy (non-hydrogen) atoms. The molecule has 106 valence electrons. The zero-order valence-electron chi connectivity index (χ0n) is 12.2. The molecule has 1 saturated carbocycles. The average Bonchev–Trinajstić information content (AvgIpc) is 3.05. The molecular weight excluding hydrogens is 250 g/mol. The lowest BCUT2D eigenvalue weighted by Gasteiger charge is -2.26. The number of rotatable bonds is 3. The van der Waals surface area contributed by atoms with Gasteiger partial charge >= 0.3 is 0 Å². The van der Waals surface area contributed by atoms with Gasteiger partial charge in [0, 0.05) is 11.7 Å². The minimum Gasteiger partial charge on any atom is -0.472 e. The number of pyridine rings is 1. The SMILES string of the molecule is CN(C)C1CCCC1Oc1nc2c(cc1C#N)CCC2. The molecule has 2 aliphatic rings. The molecule has 0 N–H and O–H groups in total. The van der Waals surface area contributed by atoms with Gasteiger partial charge < -0.3 is 9.64 Å². The number of nitrogens with zero attached hydrogens (tertiary/aromatic N) is 3. The third-order valence-corrected chi connectivity index (χ3v) is 4.48. The molecule has 0 saturated heterocycles. The van der Waals surface area contributed by atoms with Gasteiger partial charge in [0.25, 0.3) is 0 Å². The topological polar surface area (TPSA) is 49.1 Å². The third-order valence-electron chi connectivity index (χ3n) is 4.48. The van der Waals surface area contributed by atoms with E-state index in [1.54, 1.807) is 0 Å². The summed E-state index contributed by atoms with van der Waals surface area (Å²) in [6.07, 6.45) is 6.74. The van der Waals surface area contributed by atoms with Crippen LogP contribution in [0.2, 0.25) is 0 Å². The molecule has 0 aromatic carbocycles. The summed E-state index contributed by atoms with van der Waals surface area (Å²) < 4.78 is 6.12. The van der Waals surface area contributed by atoms with Crippen molar-refractivity contribution in [2.75, 3.05) is 14.1 Å². The summed E-state index contributed by atoms with van der Waals surface area (Å²) in [6, 6.07) is 4.65. The van der Waals surface area contributed by atoms with Crippen LogP contribution < -0.4 is 4.74 Å². The molecule has 2 aliphatic carbocycles. The summed E-state index contributed by atoms with van der Waals surface area (Å²) in [6.45, 7) is 0. The molecule has 1 aromatic heterocycles.